The summed E-state index contributed by atoms with van der Waals surface area (Å²) in [5, 5.41) is 0. The van der Waals surface area contributed by atoms with Gasteiger partial charge in [-0.3, -0.25) is 9.59 Å². The fourth-order valence-corrected chi connectivity index (χ4v) is 3.34. The fourth-order valence-electron chi connectivity index (χ4n) is 3.34. The van der Waals surface area contributed by atoms with Crippen LogP contribution in [0.15, 0.2) is 54.6 Å². The van der Waals surface area contributed by atoms with Crippen LogP contribution >= 0.6 is 0 Å². The normalized spacial score (nSPS) is 20.5. The molecule has 23 heavy (non-hydrogen) atoms. The van der Waals surface area contributed by atoms with Crippen molar-refractivity contribution in [2.75, 3.05) is 6.54 Å². The molecular weight excluding hydrogens is 288 g/mol. The standard InChI is InChI=1S/C19H20N2O2/c1-13-17(14-6-3-2-4-7-14)10-11-21(13)19(23)16-9-5-8-15(12-16)18(20)22/h2-9,12-13,17H,10-11H2,1H3,(H2,20,22). The third kappa shape index (κ3) is 2.97. The second-order valence-corrected chi connectivity index (χ2v) is 5.99. The van der Waals surface area contributed by atoms with E-state index in [1.807, 2.05) is 23.1 Å². The number of nitrogens with two attached hydrogens (primary N) is 1. The van der Waals surface area contributed by atoms with Crippen molar-refractivity contribution in [3.8, 4) is 0 Å². The molecule has 2 aromatic carbocycles. The van der Waals surface area contributed by atoms with E-state index in [4.69, 9.17) is 5.73 Å². The maximum Gasteiger partial charge on any atom is 0.254 e. The van der Waals surface area contributed by atoms with Crippen LogP contribution in [0.25, 0.3) is 0 Å². The number of amides is 2. The summed E-state index contributed by atoms with van der Waals surface area (Å²) >= 11 is 0. The molecule has 2 amide bonds. The summed E-state index contributed by atoms with van der Waals surface area (Å²) in [4.78, 5) is 26.0. The number of hydrogen-bond donors (Lipinski definition) is 1. The average molecular weight is 308 g/mol. The lowest BCUT2D eigenvalue weighted by Gasteiger charge is -2.25. The molecular formula is C19H20N2O2. The van der Waals surface area contributed by atoms with Gasteiger partial charge in [0.05, 0.1) is 0 Å². The van der Waals surface area contributed by atoms with Gasteiger partial charge in [-0.1, -0.05) is 36.4 Å². The second-order valence-electron chi connectivity index (χ2n) is 5.99. The van der Waals surface area contributed by atoms with Gasteiger partial charge in [-0.15, -0.1) is 0 Å². The molecule has 3 rings (SSSR count). The number of benzene rings is 2. The molecule has 2 unspecified atom stereocenters. The zero-order valence-electron chi connectivity index (χ0n) is 13.1. The molecule has 0 aromatic heterocycles. The zero-order chi connectivity index (χ0) is 16.4. The van der Waals surface area contributed by atoms with Crippen LogP contribution in [0.4, 0.5) is 0 Å². The monoisotopic (exact) mass is 308 g/mol. The molecule has 118 valence electrons. The summed E-state index contributed by atoms with van der Waals surface area (Å²) in [6.45, 7) is 2.81. The Morgan fingerprint density at radius 3 is 2.43 bits per heavy atom. The van der Waals surface area contributed by atoms with Crippen molar-refractivity contribution in [3.05, 3.63) is 71.3 Å². The van der Waals surface area contributed by atoms with Gasteiger partial charge in [-0.25, -0.2) is 0 Å². The quantitative estimate of drug-likeness (QED) is 0.947. The summed E-state index contributed by atoms with van der Waals surface area (Å²) in [6.07, 6.45) is 0.951. The van der Waals surface area contributed by atoms with Crippen LogP contribution in [0.1, 0.15) is 45.5 Å². The predicted molar refractivity (Wildman–Crippen MR) is 89.3 cm³/mol. The lowest BCUT2D eigenvalue weighted by atomic mass is 9.93. The van der Waals surface area contributed by atoms with Crippen molar-refractivity contribution in [1.82, 2.24) is 4.90 Å². The molecule has 1 aliphatic rings. The molecule has 0 bridgehead atoms. The summed E-state index contributed by atoms with van der Waals surface area (Å²) in [7, 11) is 0. The van der Waals surface area contributed by atoms with E-state index in [9.17, 15) is 9.59 Å². The molecule has 1 heterocycles. The first-order valence-electron chi connectivity index (χ1n) is 7.83. The van der Waals surface area contributed by atoms with E-state index in [1.165, 1.54) is 5.56 Å². The molecule has 2 N–H and O–H groups in total. The molecule has 1 fully saturated rings. The first kappa shape index (κ1) is 15.3. The van der Waals surface area contributed by atoms with Crippen LogP contribution in [0.2, 0.25) is 0 Å². The van der Waals surface area contributed by atoms with Crippen LogP contribution < -0.4 is 5.73 Å². The van der Waals surface area contributed by atoms with Crippen LogP contribution in [0.5, 0.6) is 0 Å². The largest absolute Gasteiger partial charge is 0.366 e. The van der Waals surface area contributed by atoms with Crippen molar-refractivity contribution in [2.45, 2.75) is 25.3 Å². The first-order chi connectivity index (χ1) is 11.1. The molecule has 2 aromatic rings. The molecule has 4 nitrogen and oxygen atoms in total. The van der Waals surface area contributed by atoms with E-state index < -0.39 is 5.91 Å². The number of likely N-dealkylation sites (tertiary alicyclic amines) is 1. The molecule has 0 saturated carbocycles. The molecule has 4 heteroatoms. The van der Waals surface area contributed by atoms with Crippen molar-refractivity contribution in [1.29, 1.82) is 0 Å². The number of nitrogens with zero attached hydrogens (tertiary/aromatic N) is 1. The highest BCUT2D eigenvalue weighted by Crippen LogP contribution is 2.34. The number of primary amides is 1. The summed E-state index contributed by atoms with van der Waals surface area (Å²) < 4.78 is 0. The van der Waals surface area contributed by atoms with Gasteiger partial charge in [0.2, 0.25) is 5.91 Å². The maximum atomic E-state index is 12.8. The van der Waals surface area contributed by atoms with E-state index in [1.54, 1.807) is 24.3 Å². The van der Waals surface area contributed by atoms with Crippen molar-refractivity contribution in [3.63, 3.8) is 0 Å². The van der Waals surface area contributed by atoms with E-state index >= 15 is 0 Å². The fraction of sp³-hybridized carbons (Fsp3) is 0.263. The number of rotatable bonds is 3. The lowest BCUT2D eigenvalue weighted by Crippen LogP contribution is -2.35. The molecule has 1 aliphatic heterocycles. The average Bonchev–Trinajstić information content (AvgIpc) is 2.96. The first-order valence-corrected chi connectivity index (χ1v) is 7.83. The van der Waals surface area contributed by atoms with Crippen LogP contribution in [0.3, 0.4) is 0 Å². The number of carbonyl (C=O) groups is 2. The summed E-state index contributed by atoms with van der Waals surface area (Å²) in [5.74, 6) is -0.213. The van der Waals surface area contributed by atoms with Crippen molar-refractivity contribution >= 4 is 11.8 Å². The van der Waals surface area contributed by atoms with E-state index in [0.717, 1.165) is 13.0 Å². The number of carbonyl (C=O) groups excluding carboxylic acids is 2. The minimum Gasteiger partial charge on any atom is -0.366 e. The molecule has 2 atom stereocenters. The van der Waals surface area contributed by atoms with Crippen LogP contribution in [-0.4, -0.2) is 29.3 Å². The topological polar surface area (TPSA) is 63.4 Å². The Balaban J connectivity index is 1.81. The summed E-state index contributed by atoms with van der Waals surface area (Å²) in [5.41, 5.74) is 7.44. The van der Waals surface area contributed by atoms with Gasteiger partial charge < -0.3 is 10.6 Å². The minimum absolute atomic E-state index is 0.0426. The van der Waals surface area contributed by atoms with Gasteiger partial charge >= 0.3 is 0 Å². The van der Waals surface area contributed by atoms with Gasteiger partial charge in [0.1, 0.15) is 0 Å². The predicted octanol–water partition coefficient (Wildman–Crippen LogP) is 2.80. The molecule has 0 radical (unpaired) electrons. The second kappa shape index (κ2) is 6.24. The van der Waals surface area contributed by atoms with Crippen molar-refractivity contribution in [2.24, 2.45) is 5.73 Å². The zero-order valence-corrected chi connectivity index (χ0v) is 13.1. The highest BCUT2D eigenvalue weighted by molar-refractivity contribution is 5.99. The molecule has 0 spiro atoms. The number of hydrogen-bond acceptors (Lipinski definition) is 2. The Hall–Kier alpha value is -2.62. The molecule has 1 saturated heterocycles. The maximum absolute atomic E-state index is 12.8. The molecule has 0 aliphatic carbocycles. The van der Waals surface area contributed by atoms with Gasteiger partial charge in [0.25, 0.3) is 5.91 Å². The Morgan fingerprint density at radius 1 is 1.04 bits per heavy atom. The van der Waals surface area contributed by atoms with Gasteiger partial charge in [-0.2, -0.15) is 0 Å². The Morgan fingerprint density at radius 2 is 1.74 bits per heavy atom. The smallest absolute Gasteiger partial charge is 0.254 e. The van der Waals surface area contributed by atoms with Crippen molar-refractivity contribution < 1.29 is 9.59 Å². The highest BCUT2D eigenvalue weighted by Gasteiger charge is 2.35. The van der Waals surface area contributed by atoms with Crippen LogP contribution in [-0.2, 0) is 0 Å². The van der Waals surface area contributed by atoms with E-state index in [2.05, 4.69) is 19.1 Å². The highest BCUT2D eigenvalue weighted by atomic mass is 16.2. The summed E-state index contributed by atoms with van der Waals surface area (Å²) in [6, 6.07) is 17.0. The SMILES string of the molecule is CC1C(c2ccccc2)CCN1C(=O)c1cccc(C(N)=O)c1. The Bertz CT molecular complexity index is 727. The Labute approximate surface area is 135 Å². The third-order valence-electron chi connectivity index (χ3n) is 4.64. The van der Waals surface area contributed by atoms with Crippen LogP contribution in [0, 0.1) is 0 Å². The van der Waals surface area contributed by atoms with Gasteiger partial charge in [0, 0.05) is 29.6 Å². The van der Waals surface area contributed by atoms with E-state index in [-0.39, 0.29) is 11.9 Å². The van der Waals surface area contributed by atoms with E-state index in [0.29, 0.717) is 17.0 Å². The lowest BCUT2D eigenvalue weighted by molar-refractivity contribution is 0.0742. The third-order valence-corrected chi connectivity index (χ3v) is 4.64. The minimum atomic E-state index is -0.517. The van der Waals surface area contributed by atoms with Gasteiger partial charge in [0.15, 0.2) is 0 Å². The van der Waals surface area contributed by atoms with Gasteiger partial charge in [-0.05, 0) is 37.1 Å². The Kier molecular flexibility index (Phi) is 4.15.